The van der Waals surface area contributed by atoms with Gasteiger partial charge in [-0.3, -0.25) is 0 Å². The largest absolute Gasteiger partial charge is 0.117 e. The van der Waals surface area contributed by atoms with Gasteiger partial charge in [-0.1, -0.05) is 47.0 Å². The predicted molar refractivity (Wildman–Crippen MR) is 84.7 cm³/mol. The summed E-state index contributed by atoms with van der Waals surface area (Å²) >= 11 is 18.5. The molecular weight excluding hydrogens is 299 g/mol. The highest BCUT2D eigenvalue weighted by molar-refractivity contribution is 6.35. The third-order valence-corrected chi connectivity index (χ3v) is 3.99. The van der Waals surface area contributed by atoms with Crippen LogP contribution >= 0.6 is 34.8 Å². The Balaban J connectivity index is 2.25. The molecule has 0 aliphatic heterocycles. The highest BCUT2D eigenvalue weighted by Gasteiger charge is 2.12. The van der Waals surface area contributed by atoms with Crippen molar-refractivity contribution < 1.29 is 0 Å². The molecule has 0 aromatic heterocycles. The van der Waals surface area contributed by atoms with Crippen LogP contribution in [0.25, 0.3) is 0 Å². The molecule has 0 aliphatic carbocycles. The molecule has 0 N–H and O–H groups in total. The zero-order chi connectivity index (χ0) is 14.0. The van der Waals surface area contributed by atoms with Crippen LogP contribution in [-0.4, -0.2) is 0 Å². The molecule has 19 heavy (non-hydrogen) atoms. The maximum absolute atomic E-state index is 6.49. The number of alkyl halides is 1. The van der Waals surface area contributed by atoms with E-state index in [4.69, 9.17) is 34.8 Å². The van der Waals surface area contributed by atoms with Gasteiger partial charge in [-0.15, -0.1) is 11.6 Å². The number of hydrogen-bond donors (Lipinski definition) is 0. The van der Waals surface area contributed by atoms with Crippen LogP contribution in [0.4, 0.5) is 0 Å². The summed E-state index contributed by atoms with van der Waals surface area (Å²) < 4.78 is 0. The Morgan fingerprint density at radius 2 is 1.58 bits per heavy atom. The van der Waals surface area contributed by atoms with E-state index in [0.29, 0.717) is 10.0 Å². The summed E-state index contributed by atoms with van der Waals surface area (Å²) in [5.41, 5.74) is 4.72. The first-order valence-electron chi connectivity index (χ1n) is 6.12. The summed E-state index contributed by atoms with van der Waals surface area (Å²) in [6, 6.07) is 11.9. The van der Waals surface area contributed by atoms with E-state index in [1.807, 2.05) is 12.1 Å². The summed E-state index contributed by atoms with van der Waals surface area (Å²) in [6.07, 6.45) is 0.770. The minimum absolute atomic E-state index is 0.128. The molecular formula is C16H15Cl3. The Hall–Kier alpha value is -0.690. The molecule has 0 fully saturated rings. The van der Waals surface area contributed by atoms with Gasteiger partial charge in [0.25, 0.3) is 0 Å². The molecule has 2 aromatic rings. The molecule has 0 heterocycles. The predicted octanol–water partition coefficient (Wildman–Crippen LogP) is 6.13. The normalized spacial score (nSPS) is 12.5. The van der Waals surface area contributed by atoms with Crippen molar-refractivity contribution in [3.8, 4) is 0 Å². The molecule has 0 bridgehead atoms. The Bertz CT molecular complexity index is 570. The summed E-state index contributed by atoms with van der Waals surface area (Å²) in [4.78, 5) is 0. The maximum Gasteiger partial charge on any atom is 0.0626 e. The maximum atomic E-state index is 6.49. The minimum atomic E-state index is -0.128. The van der Waals surface area contributed by atoms with Crippen LogP contribution < -0.4 is 0 Å². The molecule has 3 heteroatoms. The van der Waals surface area contributed by atoms with Crippen molar-refractivity contribution in [1.82, 2.24) is 0 Å². The average Bonchev–Trinajstić information content (AvgIpc) is 2.32. The lowest BCUT2D eigenvalue weighted by atomic mass is 9.98. The molecule has 0 saturated heterocycles. The third-order valence-electron chi connectivity index (χ3n) is 3.15. The minimum Gasteiger partial charge on any atom is -0.117 e. The van der Waals surface area contributed by atoms with Gasteiger partial charge in [0, 0.05) is 10.0 Å². The molecule has 0 radical (unpaired) electrons. The van der Waals surface area contributed by atoms with Crippen molar-refractivity contribution in [2.24, 2.45) is 0 Å². The second-order valence-electron chi connectivity index (χ2n) is 4.80. The van der Waals surface area contributed by atoms with Crippen molar-refractivity contribution in [2.45, 2.75) is 25.6 Å². The van der Waals surface area contributed by atoms with Gasteiger partial charge in [0.1, 0.15) is 0 Å². The van der Waals surface area contributed by atoms with Gasteiger partial charge in [-0.2, -0.15) is 0 Å². The fourth-order valence-electron chi connectivity index (χ4n) is 2.09. The van der Waals surface area contributed by atoms with Crippen molar-refractivity contribution in [1.29, 1.82) is 0 Å². The van der Waals surface area contributed by atoms with Gasteiger partial charge >= 0.3 is 0 Å². The van der Waals surface area contributed by atoms with Crippen LogP contribution in [0.3, 0.4) is 0 Å². The van der Waals surface area contributed by atoms with Crippen LogP contribution in [-0.2, 0) is 6.42 Å². The van der Waals surface area contributed by atoms with Crippen molar-refractivity contribution >= 4 is 34.8 Å². The fourth-order valence-corrected chi connectivity index (χ4v) is 2.92. The molecule has 0 spiro atoms. The van der Waals surface area contributed by atoms with E-state index in [1.54, 1.807) is 6.07 Å². The number of benzene rings is 2. The number of rotatable bonds is 3. The van der Waals surface area contributed by atoms with Gasteiger partial charge in [0.05, 0.1) is 5.38 Å². The Morgan fingerprint density at radius 1 is 0.947 bits per heavy atom. The second kappa shape index (κ2) is 6.17. The van der Waals surface area contributed by atoms with Crippen LogP contribution in [0.1, 0.15) is 27.6 Å². The van der Waals surface area contributed by atoms with E-state index >= 15 is 0 Å². The number of hydrogen-bond acceptors (Lipinski definition) is 0. The van der Waals surface area contributed by atoms with E-state index in [2.05, 4.69) is 32.0 Å². The summed E-state index contributed by atoms with van der Waals surface area (Å²) in [5.74, 6) is 0. The standard InChI is InChI=1S/C16H15Cl3/c1-10-3-4-11(2)12(5-10)8-16(19)13-6-14(17)9-15(18)7-13/h3-7,9,16H,8H2,1-2H3. The molecule has 1 unspecified atom stereocenters. The lowest BCUT2D eigenvalue weighted by Gasteiger charge is -2.13. The molecule has 2 rings (SSSR count). The molecule has 2 aromatic carbocycles. The molecule has 0 amide bonds. The van der Waals surface area contributed by atoms with Crippen molar-refractivity contribution in [3.63, 3.8) is 0 Å². The lowest BCUT2D eigenvalue weighted by molar-refractivity contribution is 0.909. The van der Waals surface area contributed by atoms with E-state index < -0.39 is 0 Å². The van der Waals surface area contributed by atoms with Gasteiger partial charge in [-0.05, 0) is 55.2 Å². The SMILES string of the molecule is Cc1ccc(C)c(CC(Cl)c2cc(Cl)cc(Cl)c2)c1. The topological polar surface area (TPSA) is 0 Å². The van der Waals surface area contributed by atoms with Crippen LogP contribution in [0.2, 0.25) is 10.0 Å². The summed E-state index contributed by atoms with van der Waals surface area (Å²) in [5, 5.41) is 1.11. The molecule has 1 atom stereocenters. The monoisotopic (exact) mass is 312 g/mol. The first-order valence-corrected chi connectivity index (χ1v) is 7.31. The highest BCUT2D eigenvalue weighted by atomic mass is 35.5. The second-order valence-corrected chi connectivity index (χ2v) is 6.20. The smallest absolute Gasteiger partial charge is 0.0626 e. The Labute approximate surface area is 129 Å². The van der Waals surface area contributed by atoms with Gasteiger partial charge in [0.15, 0.2) is 0 Å². The van der Waals surface area contributed by atoms with Crippen LogP contribution in [0.15, 0.2) is 36.4 Å². The number of halogens is 3. The Morgan fingerprint density at radius 3 is 2.21 bits per heavy atom. The first kappa shape index (κ1) is 14.7. The van der Waals surface area contributed by atoms with Crippen molar-refractivity contribution in [2.75, 3.05) is 0 Å². The Kier molecular flexibility index (Phi) is 4.78. The lowest BCUT2D eigenvalue weighted by Crippen LogP contribution is -1.99. The van der Waals surface area contributed by atoms with Crippen LogP contribution in [0.5, 0.6) is 0 Å². The summed E-state index contributed by atoms with van der Waals surface area (Å²) in [6.45, 7) is 4.19. The van der Waals surface area contributed by atoms with E-state index in [0.717, 1.165) is 12.0 Å². The molecule has 100 valence electrons. The molecule has 0 aliphatic rings. The van der Waals surface area contributed by atoms with E-state index in [9.17, 15) is 0 Å². The van der Waals surface area contributed by atoms with E-state index in [-0.39, 0.29) is 5.38 Å². The third kappa shape index (κ3) is 3.89. The van der Waals surface area contributed by atoms with Gasteiger partial charge in [0.2, 0.25) is 0 Å². The van der Waals surface area contributed by atoms with Crippen LogP contribution in [0, 0.1) is 13.8 Å². The zero-order valence-corrected chi connectivity index (χ0v) is 13.2. The number of aryl methyl sites for hydroxylation is 2. The first-order chi connectivity index (χ1) is 8.95. The fraction of sp³-hybridized carbons (Fsp3) is 0.250. The summed E-state index contributed by atoms with van der Waals surface area (Å²) in [7, 11) is 0. The van der Waals surface area contributed by atoms with Crippen molar-refractivity contribution in [3.05, 3.63) is 68.7 Å². The molecule has 0 saturated carbocycles. The zero-order valence-electron chi connectivity index (χ0n) is 10.9. The van der Waals surface area contributed by atoms with E-state index in [1.165, 1.54) is 16.7 Å². The quantitative estimate of drug-likeness (QED) is 0.598. The van der Waals surface area contributed by atoms with Gasteiger partial charge < -0.3 is 0 Å². The van der Waals surface area contributed by atoms with Gasteiger partial charge in [-0.25, -0.2) is 0 Å². The average molecular weight is 314 g/mol. The highest BCUT2D eigenvalue weighted by Crippen LogP contribution is 2.30. The molecule has 0 nitrogen and oxygen atoms in total.